The van der Waals surface area contributed by atoms with E-state index in [9.17, 15) is 0 Å². The van der Waals surface area contributed by atoms with Gasteiger partial charge in [-0.05, 0) is 51.4 Å². The molecule has 0 aliphatic carbocycles. The first-order chi connectivity index (χ1) is 10.1. The minimum Gasteiger partial charge on any atom is -0.490 e. The molecule has 4 nitrogen and oxygen atoms in total. The molecule has 0 aliphatic rings. The van der Waals surface area contributed by atoms with Crippen LogP contribution in [0.5, 0.6) is 11.5 Å². The third-order valence-corrected chi connectivity index (χ3v) is 3.03. The van der Waals surface area contributed by atoms with E-state index in [1.807, 2.05) is 32.9 Å². The van der Waals surface area contributed by atoms with Crippen molar-refractivity contribution in [3.63, 3.8) is 0 Å². The molecule has 1 N–H and O–H groups in total. The van der Waals surface area contributed by atoms with E-state index in [2.05, 4.69) is 5.32 Å². The Hall–Kier alpha value is -0.970. The predicted octanol–water partition coefficient (Wildman–Crippen LogP) is 3.65. The maximum Gasteiger partial charge on any atom is 0.180 e. The minimum atomic E-state index is 0.0553. The SMILES string of the molecule is CCOc1cc(CNCCCOC)cc(Cl)c1OC(C)C. The molecular formula is C16H26ClNO3. The van der Waals surface area contributed by atoms with Gasteiger partial charge in [0.25, 0.3) is 0 Å². The van der Waals surface area contributed by atoms with Crippen molar-refractivity contribution in [1.29, 1.82) is 0 Å². The van der Waals surface area contributed by atoms with Crippen LogP contribution in [-0.2, 0) is 11.3 Å². The van der Waals surface area contributed by atoms with Gasteiger partial charge in [-0.2, -0.15) is 0 Å². The normalized spacial score (nSPS) is 11.0. The van der Waals surface area contributed by atoms with E-state index in [4.69, 9.17) is 25.8 Å². The number of hydrogen-bond donors (Lipinski definition) is 1. The summed E-state index contributed by atoms with van der Waals surface area (Å²) in [6.45, 7) is 8.87. The van der Waals surface area contributed by atoms with Crippen LogP contribution in [0, 0.1) is 0 Å². The third-order valence-electron chi connectivity index (χ3n) is 2.75. The summed E-state index contributed by atoms with van der Waals surface area (Å²) in [5.41, 5.74) is 1.08. The Kier molecular flexibility index (Phi) is 8.50. The summed E-state index contributed by atoms with van der Waals surface area (Å²) >= 11 is 6.32. The summed E-state index contributed by atoms with van der Waals surface area (Å²) < 4.78 is 16.4. The second-order valence-corrected chi connectivity index (χ2v) is 5.43. The number of halogens is 1. The van der Waals surface area contributed by atoms with Crippen molar-refractivity contribution in [3.8, 4) is 11.5 Å². The van der Waals surface area contributed by atoms with Crippen molar-refractivity contribution in [2.75, 3.05) is 26.9 Å². The van der Waals surface area contributed by atoms with Crippen LogP contribution in [-0.4, -0.2) is 33.0 Å². The monoisotopic (exact) mass is 315 g/mol. The van der Waals surface area contributed by atoms with Gasteiger partial charge in [0.2, 0.25) is 0 Å². The standard InChI is InChI=1S/C16H26ClNO3/c1-5-20-15-10-13(11-18-7-6-8-19-4)9-14(17)16(15)21-12(2)3/h9-10,12,18H,5-8,11H2,1-4H3. The first-order valence-corrected chi connectivity index (χ1v) is 7.77. The van der Waals surface area contributed by atoms with Crippen LogP contribution in [0.2, 0.25) is 5.02 Å². The molecule has 0 aromatic heterocycles. The zero-order valence-corrected chi connectivity index (χ0v) is 14.1. The number of methoxy groups -OCH3 is 1. The van der Waals surface area contributed by atoms with Crippen LogP contribution in [0.1, 0.15) is 32.8 Å². The molecule has 5 heteroatoms. The molecule has 1 rings (SSSR count). The lowest BCUT2D eigenvalue weighted by molar-refractivity contribution is 0.194. The molecule has 0 saturated carbocycles. The number of hydrogen-bond acceptors (Lipinski definition) is 4. The molecule has 1 aromatic carbocycles. The average Bonchev–Trinajstić information content (AvgIpc) is 2.42. The first-order valence-electron chi connectivity index (χ1n) is 7.40. The highest BCUT2D eigenvalue weighted by atomic mass is 35.5. The summed E-state index contributed by atoms with van der Waals surface area (Å²) in [7, 11) is 1.71. The predicted molar refractivity (Wildman–Crippen MR) is 86.6 cm³/mol. The highest BCUT2D eigenvalue weighted by molar-refractivity contribution is 6.32. The van der Waals surface area contributed by atoms with Crippen LogP contribution < -0.4 is 14.8 Å². The quantitative estimate of drug-likeness (QED) is 0.669. The van der Waals surface area contributed by atoms with Gasteiger partial charge in [0.1, 0.15) is 0 Å². The van der Waals surface area contributed by atoms with Crippen LogP contribution in [0.25, 0.3) is 0 Å². The summed E-state index contributed by atoms with van der Waals surface area (Å²) in [6.07, 6.45) is 1.04. The first kappa shape index (κ1) is 18.1. The number of ether oxygens (including phenoxy) is 3. The van der Waals surface area contributed by atoms with Crippen molar-refractivity contribution >= 4 is 11.6 Å². The second kappa shape index (κ2) is 9.87. The van der Waals surface area contributed by atoms with Gasteiger partial charge in [0.05, 0.1) is 17.7 Å². The Bertz CT molecular complexity index is 424. The molecule has 1 aromatic rings. The fourth-order valence-electron chi connectivity index (χ4n) is 1.91. The molecule has 0 unspecified atom stereocenters. The van der Waals surface area contributed by atoms with Gasteiger partial charge < -0.3 is 19.5 Å². The van der Waals surface area contributed by atoms with Gasteiger partial charge in [-0.1, -0.05) is 11.6 Å². The molecule has 0 atom stereocenters. The lowest BCUT2D eigenvalue weighted by Crippen LogP contribution is -2.16. The molecule has 0 amide bonds. The zero-order valence-electron chi connectivity index (χ0n) is 13.4. The Morgan fingerprint density at radius 2 is 2.05 bits per heavy atom. The smallest absolute Gasteiger partial charge is 0.180 e. The molecule has 21 heavy (non-hydrogen) atoms. The van der Waals surface area contributed by atoms with Crippen molar-refractivity contribution in [2.24, 2.45) is 0 Å². The highest BCUT2D eigenvalue weighted by Gasteiger charge is 2.13. The molecule has 0 heterocycles. The Balaban J connectivity index is 2.73. The van der Waals surface area contributed by atoms with Gasteiger partial charge in [-0.15, -0.1) is 0 Å². The molecule has 0 saturated heterocycles. The van der Waals surface area contributed by atoms with Gasteiger partial charge >= 0.3 is 0 Å². The second-order valence-electron chi connectivity index (χ2n) is 5.03. The molecular weight excluding hydrogens is 290 g/mol. The van der Waals surface area contributed by atoms with Crippen LogP contribution in [0.4, 0.5) is 0 Å². The number of benzene rings is 1. The fourth-order valence-corrected chi connectivity index (χ4v) is 2.19. The zero-order chi connectivity index (χ0) is 15.7. The molecule has 0 fully saturated rings. The van der Waals surface area contributed by atoms with E-state index in [0.717, 1.165) is 31.7 Å². The molecule has 0 spiro atoms. The Labute approximate surface area is 132 Å². The average molecular weight is 316 g/mol. The van der Waals surface area contributed by atoms with Crippen molar-refractivity contribution in [3.05, 3.63) is 22.7 Å². The van der Waals surface area contributed by atoms with E-state index in [-0.39, 0.29) is 6.10 Å². The van der Waals surface area contributed by atoms with Gasteiger partial charge in [0, 0.05) is 20.3 Å². The van der Waals surface area contributed by atoms with Crippen molar-refractivity contribution in [2.45, 2.75) is 39.8 Å². The van der Waals surface area contributed by atoms with E-state index in [1.165, 1.54) is 0 Å². The lowest BCUT2D eigenvalue weighted by Gasteiger charge is -2.17. The third kappa shape index (κ3) is 6.55. The van der Waals surface area contributed by atoms with E-state index < -0.39 is 0 Å². The lowest BCUT2D eigenvalue weighted by atomic mass is 10.2. The molecule has 0 bridgehead atoms. The fraction of sp³-hybridized carbons (Fsp3) is 0.625. The van der Waals surface area contributed by atoms with Gasteiger partial charge in [-0.25, -0.2) is 0 Å². The summed E-state index contributed by atoms with van der Waals surface area (Å²) in [6, 6.07) is 3.90. The minimum absolute atomic E-state index is 0.0553. The van der Waals surface area contributed by atoms with E-state index >= 15 is 0 Å². The summed E-state index contributed by atoms with van der Waals surface area (Å²) in [4.78, 5) is 0. The molecule has 120 valence electrons. The van der Waals surface area contributed by atoms with E-state index in [0.29, 0.717) is 23.1 Å². The Morgan fingerprint density at radius 1 is 1.29 bits per heavy atom. The molecule has 0 radical (unpaired) electrons. The van der Waals surface area contributed by atoms with Crippen LogP contribution >= 0.6 is 11.6 Å². The number of nitrogens with one attached hydrogen (secondary N) is 1. The van der Waals surface area contributed by atoms with Crippen LogP contribution in [0.15, 0.2) is 12.1 Å². The summed E-state index contributed by atoms with van der Waals surface area (Å²) in [5, 5.41) is 3.94. The van der Waals surface area contributed by atoms with E-state index in [1.54, 1.807) is 7.11 Å². The summed E-state index contributed by atoms with van der Waals surface area (Å²) in [5.74, 6) is 1.32. The van der Waals surface area contributed by atoms with Gasteiger partial charge in [0.15, 0.2) is 11.5 Å². The Morgan fingerprint density at radius 3 is 2.67 bits per heavy atom. The topological polar surface area (TPSA) is 39.7 Å². The van der Waals surface area contributed by atoms with Crippen molar-refractivity contribution < 1.29 is 14.2 Å². The van der Waals surface area contributed by atoms with Crippen LogP contribution in [0.3, 0.4) is 0 Å². The van der Waals surface area contributed by atoms with Crippen molar-refractivity contribution in [1.82, 2.24) is 5.32 Å². The highest BCUT2D eigenvalue weighted by Crippen LogP contribution is 2.37. The maximum atomic E-state index is 6.32. The largest absolute Gasteiger partial charge is 0.490 e. The number of rotatable bonds is 10. The molecule has 0 aliphatic heterocycles. The maximum absolute atomic E-state index is 6.32. The van der Waals surface area contributed by atoms with Gasteiger partial charge in [-0.3, -0.25) is 0 Å².